The summed E-state index contributed by atoms with van der Waals surface area (Å²) in [6.07, 6.45) is 0. The van der Waals surface area contributed by atoms with Crippen LogP contribution in [0.4, 0.5) is 57.9 Å². The second kappa shape index (κ2) is 35.3. The lowest BCUT2D eigenvalue weighted by Crippen LogP contribution is -2.29. The lowest BCUT2D eigenvalue weighted by atomic mass is 9.80. The lowest BCUT2D eigenvalue weighted by Gasteiger charge is -2.26. The van der Waals surface area contributed by atoms with Crippen molar-refractivity contribution in [2.45, 2.75) is 52.3 Å². The van der Waals surface area contributed by atoms with Crippen LogP contribution in [0.25, 0.3) is 44.1 Å². The van der Waals surface area contributed by atoms with Crippen molar-refractivity contribution in [3.05, 3.63) is 295 Å². The Morgan fingerprint density at radius 3 is 0.964 bits per heavy atom. The Morgan fingerprint density at radius 2 is 0.629 bits per heavy atom. The Kier molecular flexibility index (Phi) is 24.2. The molecular weight excluding hydrogens is 2000 g/mol. The quantitative estimate of drug-likeness (QED) is 0.0147. The minimum absolute atomic E-state index is 0.0124. The first-order valence-electron chi connectivity index (χ1n) is 39.6. The van der Waals surface area contributed by atoms with Gasteiger partial charge in [-0.15, -0.1) is 0 Å². The van der Waals surface area contributed by atoms with E-state index in [1.807, 2.05) is 0 Å². The number of hydrogen-bond acceptors (Lipinski definition) is 36. The molecule has 17 rings (SSSR count). The Balaban J connectivity index is 0.709. The summed E-state index contributed by atoms with van der Waals surface area (Å²) >= 11 is 0. The SMILES string of the molecule is Cn1c(=O)c(C(=O)c2cccc(S(=O)(=O)O)c2)c2c3c(c(Nc4cc(Nc5nc(NCc6cccc(CNc7nc(Nc8cc(Nc9ccc%10c%11c9C(=O)c9ccccc9-c%11c(C(=O)c9cccc(S(=O)(=O)O)c9)c(=O)n%10C)c(S(=O)(=O)O)cc8S(=O)(=O)O)nc(Oc8ccc(S(=O)(=O)O)cc8)n7)c6)nc(Oc6ccc(S(=O)(=O)O)cc6)n5)c(S(=O)(=O)O)cc4S(=O)(=O)O)ccc31)C(=O)c1ccccc1-2. The number of nitrogens with one attached hydrogen (secondary N) is 6. The van der Waals surface area contributed by atoms with E-state index in [1.54, 1.807) is 18.2 Å². The van der Waals surface area contributed by atoms with Crippen molar-refractivity contribution in [2.75, 3.05) is 31.9 Å². The number of fused-ring (bicyclic) bond motifs is 4. The average Bonchev–Trinajstić information content (AvgIpc) is 0.706. The van der Waals surface area contributed by atoms with Crippen molar-refractivity contribution in [2.24, 2.45) is 14.1 Å². The lowest BCUT2D eigenvalue weighted by molar-refractivity contribution is 0.102. The normalized spacial score (nSPS) is 12.7. The highest BCUT2D eigenvalue weighted by Gasteiger charge is 2.39. The van der Waals surface area contributed by atoms with Crippen LogP contribution in [0.3, 0.4) is 0 Å². The summed E-state index contributed by atoms with van der Waals surface area (Å²) in [5.74, 6) is -6.68. The molecule has 2 aliphatic carbocycles. The molecule has 0 saturated heterocycles. The van der Waals surface area contributed by atoms with Gasteiger partial charge in [-0.3, -0.25) is 65.2 Å². The maximum absolute atomic E-state index is 15.1. The predicted molar refractivity (Wildman–Crippen MR) is 494 cm³/mol. The highest BCUT2D eigenvalue weighted by atomic mass is 32.2. The van der Waals surface area contributed by atoms with Gasteiger partial charge in [-0.05, 0) is 144 Å². The van der Waals surface area contributed by atoms with Crippen LogP contribution >= 0.6 is 0 Å². The molecule has 0 atom stereocenters. The fraction of sp³-hybridized carbons (Fsp3) is 0.0465. The molecule has 0 unspecified atom stereocenters. The summed E-state index contributed by atoms with van der Waals surface area (Å²) in [5, 5.41) is 16.2. The maximum atomic E-state index is 15.1. The van der Waals surface area contributed by atoms with Gasteiger partial charge in [-0.1, -0.05) is 97.1 Å². The highest BCUT2D eigenvalue weighted by Crippen LogP contribution is 2.49. The fourth-order valence-electron chi connectivity index (χ4n) is 15.6. The number of ether oxygens (including phenoxy) is 2. The van der Waals surface area contributed by atoms with Crippen molar-refractivity contribution in [1.82, 2.24) is 39.0 Å². The molecule has 2 aliphatic rings. The van der Waals surface area contributed by atoms with Gasteiger partial charge in [0.05, 0.1) is 87.0 Å². The molecule has 54 heteroatoms. The number of hydrogen-bond donors (Lipinski definition) is 14. The van der Waals surface area contributed by atoms with E-state index in [2.05, 4.69) is 61.8 Å². The van der Waals surface area contributed by atoms with E-state index in [0.29, 0.717) is 35.4 Å². The Labute approximate surface area is 788 Å². The van der Waals surface area contributed by atoms with E-state index in [0.717, 1.165) is 106 Å². The number of rotatable bonds is 30. The predicted octanol–water partition coefficient (Wildman–Crippen LogP) is 10.4. The Morgan fingerprint density at radius 1 is 0.307 bits per heavy atom. The number of aryl methyl sites for hydroxylation is 2. The van der Waals surface area contributed by atoms with Gasteiger partial charge in [0.2, 0.25) is 23.8 Å². The van der Waals surface area contributed by atoms with Crippen molar-refractivity contribution in [1.29, 1.82) is 0 Å². The van der Waals surface area contributed by atoms with Crippen molar-refractivity contribution >= 4 is 184 Å². The van der Waals surface area contributed by atoms with Gasteiger partial charge in [-0.2, -0.15) is 97.2 Å². The minimum atomic E-state index is -5.66. The van der Waals surface area contributed by atoms with Gasteiger partial charge < -0.3 is 50.5 Å². The number of carbonyl (C=O) groups is 4. The molecule has 14 N–H and O–H groups in total. The maximum Gasteiger partial charge on any atom is 0.328 e. The number of carbonyl (C=O) groups excluding carboxylic acids is 4. The van der Waals surface area contributed by atoms with Crippen molar-refractivity contribution in [3.63, 3.8) is 0 Å². The third kappa shape index (κ3) is 18.9. The number of ketones is 4. The van der Waals surface area contributed by atoms with E-state index in [1.165, 1.54) is 93.0 Å². The second-order valence-corrected chi connectivity index (χ2v) is 41.9. The third-order valence-electron chi connectivity index (χ3n) is 21.8. The molecule has 714 valence electrons. The molecule has 0 fully saturated rings. The number of pyridine rings is 2. The zero-order valence-corrected chi connectivity index (χ0v) is 77.0. The van der Waals surface area contributed by atoms with Crippen LogP contribution in [0.1, 0.15) is 74.8 Å². The van der Waals surface area contributed by atoms with Gasteiger partial charge in [-0.25, -0.2) is 0 Å². The monoisotopic (exact) mass is 2060 g/mol. The van der Waals surface area contributed by atoms with Crippen LogP contribution in [0.15, 0.2) is 267 Å². The van der Waals surface area contributed by atoms with Gasteiger partial charge in [0.25, 0.3) is 92.1 Å². The van der Waals surface area contributed by atoms with Gasteiger partial charge >= 0.3 is 12.0 Å². The molecule has 0 radical (unpaired) electrons. The molecular formula is C86H60N14O32S8. The summed E-state index contributed by atoms with van der Waals surface area (Å²) in [5.41, 5.74) is -8.49. The topological polar surface area (TPSA) is 715 Å². The first kappa shape index (κ1) is 95.9. The number of nitrogens with zero attached hydrogens (tertiary/aromatic N) is 8. The van der Waals surface area contributed by atoms with Crippen LogP contribution < -0.4 is 52.5 Å². The smallest absolute Gasteiger partial charge is 0.328 e. The molecule has 4 aromatic heterocycles. The largest absolute Gasteiger partial charge is 0.424 e. The van der Waals surface area contributed by atoms with Crippen molar-refractivity contribution in [3.8, 4) is 45.8 Å². The molecule has 0 bridgehead atoms. The molecule has 0 amide bonds. The first-order chi connectivity index (χ1) is 65.7. The van der Waals surface area contributed by atoms with E-state index in [-0.39, 0.29) is 102 Å². The van der Waals surface area contributed by atoms with E-state index >= 15 is 9.59 Å². The summed E-state index contributed by atoms with van der Waals surface area (Å²) in [4.78, 5) is 107. The van der Waals surface area contributed by atoms with E-state index in [9.17, 15) is 123 Å². The Hall–Kier alpha value is -15.8. The fourth-order valence-corrected chi connectivity index (χ4v) is 20.4. The standard InChI is InChI=1S/C86H60N14O32S8/c1-99-61-30-28-55(69-71(61)67(51-16-3-5-18-53(51)77(69)103)73(79(99)105)75(101)43-12-8-14-49(33-43)135(113,114)115)89-57-35-59(65(139(125,126)127)37-63(57)137(119,120)121)91-83-93-81(95-85(97-83)131-45-20-24-47(25-21-45)133(107,108)109)87-39-41-10-7-11-42(32-41)40-88-82-94-84(98-86(96-82)132-46-22-26-48(27-23-46)134(110,111)112)92-60-36-58(64(138(122,123)124)38-66(60)140(128,129)130)90-56-29-31-62-72-68(52-17-4-6-19-54(52)78(104)70(56)72)74(80(106)100(62)2)76(102)44-13-9-15-50(34-44)136(116,117)118/h3-38,89-90H,39-40H2,1-2H3,(H,107,108,109)(H,110,111,112)(H,113,114,115)(H,116,117,118)(H,119,120,121)(H,122,123,124)(H,125,126,127)(H,128,129,130)(H2,87,91,93,95,97)(H2,88,92,94,96,98). The molecule has 0 aliphatic heterocycles. The third-order valence-corrected chi connectivity index (χ3v) is 28.8. The number of benzene rings is 11. The van der Waals surface area contributed by atoms with E-state index < -0.39 is 235 Å². The van der Waals surface area contributed by atoms with Crippen molar-refractivity contribution < 1.29 is 132 Å². The van der Waals surface area contributed by atoms with Gasteiger partial charge in [0, 0.05) is 71.3 Å². The minimum Gasteiger partial charge on any atom is -0.424 e. The zero-order chi connectivity index (χ0) is 100. The average molecular weight is 2060 g/mol. The summed E-state index contributed by atoms with van der Waals surface area (Å²) < 4.78 is 302. The zero-order valence-electron chi connectivity index (χ0n) is 70.4. The van der Waals surface area contributed by atoms with Crippen LogP contribution in [0.2, 0.25) is 0 Å². The second-order valence-electron chi connectivity index (χ2n) is 30.7. The summed E-state index contributed by atoms with van der Waals surface area (Å²) in [7, 11) is -39.6. The Bertz CT molecular complexity index is 8660. The first-order valence-corrected chi connectivity index (χ1v) is 51.1. The van der Waals surface area contributed by atoms with Crippen LogP contribution in [-0.2, 0) is 108 Å². The molecule has 0 saturated carbocycles. The van der Waals surface area contributed by atoms with Crippen LogP contribution in [-0.4, -0.2) is 166 Å². The number of anilines is 10. The molecule has 11 aromatic carbocycles. The molecule has 4 heterocycles. The summed E-state index contributed by atoms with van der Waals surface area (Å²) in [6.45, 7) is -0.602. The highest BCUT2D eigenvalue weighted by molar-refractivity contribution is 7.88. The van der Waals surface area contributed by atoms with E-state index in [4.69, 9.17) is 9.47 Å². The molecule has 15 aromatic rings. The van der Waals surface area contributed by atoms with Gasteiger partial charge in [0.1, 0.15) is 31.1 Å². The van der Waals surface area contributed by atoms with Gasteiger partial charge in [0.15, 0.2) is 23.1 Å². The number of aromatic nitrogens is 8. The molecule has 0 spiro atoms. The van der Waals surface area contributed by atoms with Crippen LogP contribution in [0, 0.1) is 0 Å². The molecule has 46 nitrogen and oxygen atoms in total. The summed E-state index contributed by atoms with van der Waals surface area (Å²) in [6, 6.07) is 39.0. The van der Waals surface area contributed by atoms with Crippen LogP contribution in [0.5, 0.6) is 23.5 Å². The molecule has 140 heavy (non-hydrogen) atoms.